The van der Waals surface area contributed by atoms with Crippen LogP contribution in [-0.2, 0) is 4.74 Å². The highest BCUT2D eigenvalue weighted by atomic mass is 79.9. The van der Waals surface area contributed by atoms with Gasteiger partial charge in [0, 0.05) is 25.1 Å². The minimum atomic E-state index is -0.448. The highest BCUT2D eigenvalue weighted by molar-refractivity contribution is 9.10. The Kier molecular flexibility index (Phi) is 4.95. The monoisotopic (exact) mass is 344 g/mol. The van der Waals surface area contributed by atoms with E-state index in [1.807, 2.05) is 6.92 Å². The van der Waals surface area contributed by atoms with Crippen LogP contribution in [0.3, 0.4) is 0 Å². The van der Waals surface area contributed by atoms with Crippen molar-refractivity contribution in [3.05, 3.63) is 32.8 Å². The van der Waals surface area contributed by atoms with Crippen LogP contribution in [0.1, 0.15) is 19.8 Å². The van der Waals surface area contributed by atoms with E-state index in [1.165, 1.54) is 12.1 Å². The molecule has 1 saturated carbocycles. The number of nitro benzene ring substituents is 1. The molecule has 6 nitrogen and oxygen atoms in total. The molecular weight excluding hydrogens is 328 g/mol. The summed E-state index contributed by atoms with van der Waals surface area (Å²) < 4.78 is 12.1. The van der Waals surface area contributed by atoms with E-state index in [1.54, 1.807) is 6.07 Å². The molecule has 1 aliphatic carbocycles. The maximum absolute atomic E-state index is 10.8. The molecule has 0 amide bonds. The van der Waals surface area contributed by atoms with E-state index < -0.39 is 4.92 Å². The molecule has 20 heavy (non-hydrogen) atoms. The summed E-state index contributed by atoms with van der Waals surface area (Å²) >= 11 is 3.33. The summed E-state index contributed by atoms with van der Waals surface area (Å²) in [4.78, 5) is 10.3. The van der Waals surface area contributed by atoms with Gasteiger partial charge < -0.3 is 15.2 Å². The van der Waals surface area contributed by atoms with Gasteiger partial charge in [-0.1, -0.05) is 6.92 Å². The molecule has 0 spiro atoms. The number of rotatable bonds is 6. The Morgan fingerprint density at radius 1 is 1.55 bits per heavy atom. The lowest BCUT2D eigenvalue weighted by molar-refractivity contribution is -0.385. The second-order valence-electron chi connectivity index (χ2n) is 4.76. The molecule has 2 rings (SSSR count). The van der Waals surface area contributed by atoms with E-state index in [-0.39, 0.29) is 23.9 Å². The van der Waals surface area contributed by atoms with Gasteiger partial charge in [-0.3, -0.25) is 10.1 Å². The van der Waals surface area contributed by atoms with Gasteiger partial charge in [0.1, 0.15) is 18.0 Å². The van der Waals surface area contributed by atoms with Gasteiger partial charge in [0.2, 0.25) is 0 Å². The van der Waals surface area contributed by atoms with Crippen molar-refractivity contribution >= 4 is 21.6 Å². The fraction of sp³-hybridized carbons (Fsp3) is 0.538. The predicted molar refractivity (Wildman–Crippen MR) is 77.8 cm³/mol. The lowest BCUT2D eigenvalue weighted by atomic mass is 9.86. The van der Waals surface area contributed by atoms with E-state index in [4.69, 9.17) is 15.2 Å². The molecule has 1 aromatic carbocycles. The number of nitrogens with zero attached hydrogens (tertiary/aromatic N) is 1. The predicted octanol–water partition coefficient (Wildman–Crippen LogP) is 2.63. The van der Waals surface area contributed by atoms with Gasteiger partial charge in [0.25, 0.3) is 5.69 Å². The molecule has 0 radical (unpaired) electrons. The Labute approximate surface area is 125 Å². The number of ether oxygens (including phenoxy) is 2. The smallest absolute Gasteiger partial charge is 0.273 e. The quantitative estimate of drug-likeness (QED) is 0.633. The second kappa shape index (κ2) is 6.51. The number of nitro groups is 1. The van der Waals surface area contributed by atoms with E-state index >= 15 is 0 Å². The Morgan fingerprint density at radius 2 is 2.30 bits per heavy atom. The molecule has 1 aromatic rings. The number of benzene rings is 1. The Morgan fingerprint density at radius 3 is 2.90 bits per heavy atom. The number of halogens is 1. The molecule has 0 aliphatic heterocycles. The molecule has 0 saturated heterocycles. The molecule has 0 bridgehead atoms. The minimum Gasteiger partial charge on any atom is -0.486 e. The molecule has 1 aliphatic rings. The first kappa shape index (κ1) is 15.2. The summed E-state index contributed by atoms with van der Waals surface area (Å²) in [5.41, 5.74) is 5.90. The van der Waals surface area contributed by atoms with Crippen LogP contribution in [0.25, 0.3) is 0 Å². The van der Waals surface area contributed by atoms with Crippen LogP contribution in [0.2, 0.25) is 0 Å². The molecule has 1 fully saturated rings. The van der Waals surface area contributed by atoms with E-state index in [0.717, 1.165) is 6.42 Å². The van der Waals surface area contributed by atoms with Crippen molar-refractivity contribution in [1.29, 1.82) is 0 Å². The molecule has 3 unspecified atom stereocenters. The van der Waals surface area contributed by atoms with Gasteiger partial charge >= 0.3 is 0 Å². The highest BCUT2D eigenvalue weighted by Gasteiger charge is 2.41. The van der Waals surface area contributed by atoms with Crippen molar-refractivity contribution < 1.29 is 14.4 Å². The van der Waals surface area contributed by atoms with Crippen LogP contribution in [0.15, 0.2) is 22.7 Å². The van der Waals surface area contributed by atoms with Crippen molar-refractivity contribution in [3.63, 3.8) is 0 Å². The van der Waals surface area contributed by atoms with Crippen LogP contribution < -0.4 is 10.5 Å². The summed E-state index contributed by atoms with van der Waals surface area (Å²) in [6, 6.07) is 4.40. The van der Waals surface area contributed by atoms with Gasteiger partial charge in [-0.25, -0.2) is 0 Å². The van der Waals surface area contributed by atoms with Crippen LogP contribution in [0.4, 0.5) is 5.69 Å². The van der Waals surface area contributed by atoms with Crippen LogP contribution >= 0.6 is 15.9 Å². The summed E-state index contributed by atoms with van der Waals surface area (Å²) in [5.74, 6) is 0.446. The van der Waals surface area contributed by atoms with Gasteiger partial charge in [-0.15, -0.1) is 0 Å². The summed E-state index contributed by atoms with van der Waals surface area (Å²) in [7, 11) is 0. The molecule has 7 heteroatoms. The molecule has 110 valence electrons. The summed E-state index contributed by atoms with van der Waals surface area (Å²) in [6.45, 7) is 2.66. The number of nitrogens with two attached hydrogens (primary N) is 1. The van der Waals surface area contributed by atoms with Crippen molar-refractivity contribution in [2.75, 3.05) is 6.61 Å². The average molecular weight is 345 g/mol. The minimum absolute atomic E-state index is 0.00199. The zero-order chi connectivity index (χ0) is 14.7. The summed E-state index contributed by atoms with van der Waals surface area (Å²) in [5, 5.41) is 10.8. The number of non-ortho nitro benzene ring substituents is 1. The number of hydrogen-bond donors (Lipinski definition) is 1. The second-order valence-corrected chi connectivity index (χ2v) is 5.62. The molecule has 0 heterocycles. The fourth-order valence-corrected chi connectivity index (χ4v) is 2.42. The first-order valence-electron chi connectivity index (χ1n) is 6.50. The number of hydrogen-bond acceptors (Lipinski definition) is 5. The zero-order valence-electron chi connectivity index (χ0n) is 11.1. The Bertz CT molecular complexity index is 497. The van der Waals surface area contributed by atoms with Crippen LogP contribution in [-0.4, -0.2) is 29.8 Å². The molecule has 2 N–H and O–H groups in total. The highest BCUT2D eigenvalue weighted by Crippen LogP contribution is 2.34. The van der Waals surface area contributed by atoms with E-state index in [2.05, 4.69) is 15.9 Å². The molecule has 3 atom stereocenters. The third-order valence-electron chi connectivity index (χ3n) is 3.21. The first-order chi connectivity index (χ1) is 9.52. The van der Waals surface area contributed by atoms with Crippen LogP contribution in [0.5, 0.6) is 5.75 Å². The fourth-order valence-electron chi connectivity index (χ4n) is 2.08. The van der Waals surface area contributed by atoms with Gasteiger partial charge in [0.05, 0.1) is 15.5 Å². The molecule has 0 aromatic heterocycles. The first-order valence-corrected chi connectivity index (χ1v) is 7.30. The average Bonchev–Trinajstić information content (AvgIpc) is 2.40. The third-order valence-corrected chi connectivity index (χ3v) is 3.87. The third kappa shape index (κ3) is 3.28. The SMILES string of the molecule is CCCOC1C(N)CC1Oc1cc([N+](=O)[O-])ccc1Br. The Hall–Kier alpha value is -1.18. The van der Waals surface area contributed by atoms with E-state index in [9.17, 15) is 10.1 Å². The Balaban J connectivity index is 2.06. The van der Waals surface area contributed by atoms with Gasteiger partial charge in [-0.05, 0) is 28.4 Å². The van der Waals surface area contributed by atoms with Gasteiger partial charge in [-0.2, -0.15) is 0 Å². The maximum atomic E-state index is 10.8. The van der Waals surface area contributed by atoms with Crippen molar-refractivity contribution in [3.8, 4) is 5.75 Å². The van der Waals surface area contributed by atoms with E-state index in [0.29, 0.717) is 23.2 Å². The van der Waals surface area contributed by atoms with Crippen molar-refractivity contribution in [2.24, 2.45) is 5.73 Å². The molecular formula is C13H17BrN2O4. The standard InChI is InChI=1S/C13H17BrN2O4/c1-2-5-19-13-10(15)7-12(13)20-11-6-8(16(17)18)3-4-9(11)14/h3-4,6,10,12-13H,2,5,7,15H2,1H3. The van der Waals surface area contributed by atoms with Crippen LogP contribution in [0, 0.1) is 10.1 Å². The maximum Gasteiger partial charge on any atom is 0.273 e. The zero-order valence-corrected chi connectivity index (χ0v) is 12.7. The lowest BCUT2D eigenvalue weighted by Crippen LogP contribution is -2.59. The van der Waals surface area contributed by atoms with Crippen molar-refractivity contribution in [2.45, 2.75) is 38.0 Å². The van der Waals surface area contributed by atoms with Crippen molar-refractivity contribution in [1.82, 2.24) is 0 Å². The summed E-state index contributed by atoms with van der Waals surface area (Å²) in [6.07, 6.45) is 1.29. The largest absolute Gasteiger partial charge is 0.486 e. The van der Waals surface area contributed by atoms with Gasteiger partial charge in [0.15, 0.2) is 0 Å². The normalized spacial score (nSPS) is 25.1. The lowest BCUT2D eigenvalue weighted by Gasteiger charge is -2.41. The topological polar surface area (TPSA) is 87.6 Å².